The lowest BCUT2D eigenvalue weighted by Crippen LogP contribution is -2.40. The number of nitro benzene ring substituents is 1. The molecule has 0 bridgehead atoms. The van der Waals surface area contributed by atoms with Gasteiger partial charge < -0.3 is 9.64 Å². The number of aryl methyl sites for hydroxylation is 1. The van der Waals surface area contributed by atoms with E-state index in [1.807, 2.05) is 0 Å². The fraction of sp³-hybridized carbons (Fsp3) is 0.647. The van der Waals surface area contributed by atoms with E-state index in [0.29, 0.717) is 17.4 Å². The van der Waals surface area contributed by atoms with Gasteiger partial charge in [-0.15, -0.1) is 0 Å². The van der Waals surface area contributed by atoms with E-state index < -0.39 is 14.9 Å². The van der Waals surface area contributed by atoms with Gasteiger partial charge in [-0.2, -0.15) is 0 Å². The maximum atomic E-state index is 11.4. The zero-order valence-corrected chi connectivity index (χ0v) is 15.5. The highest BCUT2D eigenvalue weighted by molar-refractivity contribution is 7.89. The molecule has 2 aliphatic heterocycles. The Kier molecular flexibility index (Phi) is 5.61. The monoisotopic (exact) mass is 383 g/mol. The van der Waals surface area contributed by atoms with Gasteiger partial charge in [0.2, 0.25) is 10.0 Å². The molecule has 0 amide bonds. The van der Waals surface area contributed by atoms with Crippen LogP contribution in [0.25, 0.3) is 0 Å². The minimum absolute atomic E-state index is 0.183. The van der Waals surface area contributed by atoms with Crippen molar-refractivity contribution in [3.05, 3.63) is 33.9 Å². The topological polar surface area (TPSA) is 116 Å². The van der Waals surface area contributed by atoms with Gasteiger partial charge in [0.1, 0.15) is 0 Å². The highest BCUT2D eigenvalue weighted by Crippen LogP contribution is 2.39. The summed E-state index contributed by atoms with van der Waals surface area (Å²) in [6, 6.07) is 3.89. The third kappa shape index (κ3) is 4.40. The van der Waals surface area contributed by atoms with Crippen LogP contribution < -0.4 is 5.14 Å². The molecule has 9 heteroatoms. The molecule has 2 fully saturated rings. The van der Waals surface area contributed by atoms with Crippen LogP contribution in [0.2, 0.25) is 0 Å². The number of hydrogen-bond donors (Lipinski definition) is 1. The molecule has 26 heavy (non-hydrogen) atoms. The second-order valence-corrected chi connectivity index (χ2v) is 8.90. The van der Waals surface area contributed by atoms with Gasteiger partial charge in [0.15, 0.2) is 0 Å². The summed E-state index contributed by atoms with van der Waals surface area (Å²) in [6.45, 7) is 4.71. The molecule has 144 valence electrons. The normalized spacial score (nSPS) is 20.5. The lowest BCUT2D eigenvalue weighted by molar-refractivity contribution is -0.385. The second-order valence-electron chi connectivity index (χ2n) is 7.34. The minimum atomic E-state index is -3.95. The average molecular weight is 383 g/mol. The number of nitrogens with two attached hydrogens (primary N) is 1. The van der Waals surface area contributed by atoms with E-state index >= 15 is 0 Å². The molecule has 0 unspecified atom stereocenters. The Morgan fingerprint density at radius 1 is 1.27 bits per heavy atom. The molecule has 2 saturated heterocycles. The first-order valence-corrected chi connectivity index (χ1v) is 10.4. The smallest absolute Gasteiger partial charge is 0.273 e. The molecular weight excluding hydrogens is 358 g/mol. The summed E-state index contributed by atoms with van der Waals surface area (Å²) in [6.07, 6.45) is 4.78. The number of nitro groups is 1. The Morgan fingerprint density at radius 2 is 2.00 bits per heavy atom. The first-order chi connectivity index (χ1) is 12.3. The SMILES string of the molecule is NS(=O)(=O)c1ccc(CCCN2CCC3(CCOC3)CC2)c([N+](=O)[O-])c1. The number of sulfonamides is 1. The Morgan fingerprint density at radius 3 is 2.58 bits per heavy atom. The van der Waals surface area contributed by atoms with Crippen molar-refractivity contribution in [2.75, 3.05) is 32.8 Å². The molecule has 0 saturated carbocycles. The van der Waals surface area contributed by atoms with Crippen LogP contribution in [0.3, 0.4) is 0 Å². The van der Waals surface area contributed by atoms with Crippen LogP contribution in [-0.2, 0) is 21.2 Å². The summed E-state index contributed by atoms with van der Waals surface area (Å²) >= 11 is 0. The maximum Gasteiger partial charge on any atom is 0.273 e. The van der Waals surface area contributed by atoms with Crippen LogP contribution in [0.1, 0.15) is 31.2 Å². The molecule has 8 nitrogen and oxygen atoms in total. The van der Waals surface area contributed by atoms with Crippen molar-refractivity contribution in [2.24, 2.45) is 10.6 Å². The van der Waals surface area contributed by atoms with Crippen LogP contribution in [-0.4, -0.2) is 51.1 Å². The van der Waals surface area contributed by atoms with Gasteiger partial charge in [-0.3, -0.25) is 10.1 Å². The quantitative estimate of drug-likeness (QED) is 0.590. The molecule has 0 aromatic heterocycles. The minimum Gasteiger partial charge on any atom is -0.381 e. The summed E-state index contributed by atoms with van der Waals surface area (Å²) in [4.78, 5) is 12.9. The van der Waals surface area contributed by atoms with Crippen molar-refractivity contribution < 1.29 is 18.1 Å². The maximum absolute atomic E-state index is 11.4. The van der Waals surface area contributed by atoms with Crippen LogP contribution in [0.15, 0.2) is 23.1 Å². The van der Waals surface area contributed by atoms with Crippen molar-refractivity contribution in [3.63, 3.8) is 0 Å². The van der Waals surface area contributed by atoms with Crippen molar-refractivity contribution >= 4 is 15.7 Å². The molecule has 0 atom stereocenters. The first kappa shape index (κ1) is 19.2. The van der Waals surface area contributed by atoms with Crippen molar-refractivity contribution in [1.82, 2.24) is 4.90 Å². The molecule has 3 rings (SSSR count). The standard InChI is InChI=1S/C17H25N3O5S/c18-26(23,24)15-4-3-14(16(12-15)20(21)22)2-1-8-19-9-5-17(6-10-19)7-11-25-13-17/h3-4,12H,1-2,5-11,13H2,(H2,18,23,24). The van der Waals surface area contributed by atoms with E-state index in [-0.39, 0.29) is 10.6 Å². The number of nitrogens with zero attached hydrogens (tertiary/aromatic N) is 2. The predicted molar refractivity (Wildman–Crippen MR) is 96.3 cm³/mol. The molecule has 2 N–H and O–H groups in total. The molecule has 1 aromatic rings. The summed E-state index contributed by atoms with van der Waals surface area (Å²) in [5, 5.41) is 16.3. The highest BCUT2D eigenvalue weighted by atomic mass is 32.2. The van der Waals surface area contributed by atoms with E-state index in [0.717, 1.165) is 64.6 Å². The Hall–Kier alpha value is -1.55. The van der Waals surface area contributed by atoms with Gasteiger partial charge in [0.25, 0.3) is 5.69 Å². The molecule has 1 spiro atoms. The Balaban J connectivity index is 1.55. The molecule has 2 heterocycles. The van der Waals surface area contributed by atoms with Gasteiger partial charge >= 0.3 is 0 Å². The van der Waals surface area contributed by atoms with Gasteiger partial charge in [-0.1, -0.05) is 6.07 Å². The average Bonchev–Trinajstić information content (AvgIpc) is 3.04. The molecule has 0 aliphatic carbocycles. The molecule has 1 aromatic carbocycles. The lowest BCUT2D eigenvalue weighted by Gasteiger charge is -2.38. The molecule has 2 aliphatic rings. The number of primary sulfonamides is 1. The first-order valence-electron chi connectivity index (χ1n) is 8.89. The van der Waals surface area contributed by atoms with E-state index in [2.05, 4.69) is 4.90 Å². The van der Waals surface area contributed by atoms with E-state index in [4.69, 9.17) is 9.88 Å². The van der Waals surface area contributed by atoms with Gasteiger partial charge in [-0.25, -0.2) is 13.6 Å². The van der Waals surface area contributed by atoms with Crippen LogP contribution in [0.5, 0.6) is 0 Å². The number of likely N-dealkylation sites (tertiary alicyclic amines) is 1. The van der Waals surface area contributed by atoms with Gasteiger partial charge in [0.05, 0.1) is 16.4 Å². The fourth-order valence-corrected chi connectivity index (χ4v) is 4.42. The molecular formula is C17H25N3O5S. The number of rotatable bonds is 6. The van der Waals surface area contributed by atoms with E-state index in [9.17, 15) is 18.5 Å². The van der Waals surface area contributed by atoms with Crippen LogP contribution >= 0.6 is 0 Å². The number of hydrogen-bond acceptors (Lipinski definition) is 6. The zero-order chi connectivity index (χ0) is 18.8. The summed E-state index contributed by atoms with van der Waals surface area (Å²) in [5.74, 6) is 0. The predicted octanol–water partition coefficient (Wildman–Crippen LogP) is 1.68. The third-order valence-corrected chi connectivity index (χ3v) is 6.52. The number of ether oxygens (including phenoxy) is 1. The number of piperidine rings is 1. The van der Waals surface area contributed by atoms with Gasteiger partial charge in [0, 0.05) is 18.2 Å². The van der Waals surface area contributed by atoms with Crippen LogP contribution in [0, 0.1) is 15.5 Å². The van der Waals surface area contributed by atoms with E-state index in [1.165, 1.54) is 12.1 Å². The fourth-order valence-electron chi connectivity index (χ4n) is 3.89. The Bertz CT molecular complexity index is 765. The van der Waals surface area contributed by atoms with Gasteiger partial charge in [-0.05, 0) is 63.2 Å². The largest absolute Gasteiger partial charge is 0.381 e. The lowest BCUT2D eigenvalue weighted by atomic mass is 9.78. The summed E-state index contributed by atoms with van der Waals surface area (Å²) in [7, 11) is -3.95. The summed E-state index contributed by atoms with van der Waals surface area (Å²) in [5.41, 5.74) is 0.732. The third-order valence-electron chi connectivity index (χ3n) is 5.60. The second kappa shape index (κ2) is 7.59. The zero-order valence-electron chi connectivity index (χ0n) is 14.7. The number of benzene rings is 1. The van der Waals surface area contributed by atoms with E-state index in [1.54, 1.807) is 0 Å². The van der Waals surface area contributed by atoms with Crippen molar-refractivity contribution in [2.45, 2.75) is 37.0 Å². The van der Waals surface area contributed by atoms with Crippen molar-refractivity contribution in [3.8, 4) is 0 Å². The summed E-state index contributed by atoms with van der Waals surface area (Å²) < 4.78 is 28.3. The molecule has 0 radical (unpaired) electrons. The van der Waals surface area contributed by atoms with Crippen molar-refractivity contribution in [1.29, 1.82) is 0 Å². The highest BCUT2D eigenvalue weighted by Gasteiger charge is 2.37. The van der Waals surface area contributed by atoms with Crippen LogP contribution in [0.4, 0.5) is 5.69 Å². The Labute approximate surface area is 153 Å².